The second-order valence-corrected chi connectivity index (χ2v) is 7.16. The molecule has 0 fully saturated rings. The zero-order chi connectivity index (χ0) is 23.3. The summed E-state index contributed by atoms with van der Waals surface area (Å²) in [5.74, 6) is -11.5. The maximum atomic E-state index is 14.4. The van der Waals surface area contributed by atoms with E-state index in [0.29, 0.717) is 22.9 Å². The van der Waals surface area contributed by atoms with Gasteiger partial charge in [-0.2, -0.15) is 0 Å². The third-order valence-electron chi connectivity index (χ3n) is 5.26. The van der Waals surface area contributed by atoms with Crippen molar-refractivity contribution in [1.29, 1.82) is 0 Å². The molecule has 0 aliphatic carbocycles. The lowest BCUT2D eigenvalue weighted by molar-refractivity contribution is 0.102. The van der Waals surface area contributed by atoms with Crippen molar-refractivity contribution in [1.82, 2.24) is 0 Å². The molecular weight excluding hydrogens is 441 g/mol. The number of fused-ring (bicyclic) bond motifs is 2. The molecule has 0 unspecified atom stereocenters. The summed E-state index contributed by atoms with van der Waals surface area (Å²) < 4.78 is 75.8. The molecule has 4 aromatic carbocycles. The second kappa shape index (κ2) is 7.74. The van der Waals surface area contributed by atoms with Gasteiger partial charge in [-0.3, -0.25) is 4.79 Å². The van der Waals surface area contributed by atoms with Gasteiger partial charge in [0.25, 0.3) is 0 Å². The minimum absolute atomic E-state index is 0.176. The summed E-state index contributed by atoms with van der Waals surface area (Å²) in [7, 11) is 0. The lowest BCUT2D eigenvalue weighted by Gasteiger charge is -2.33. The fourth-order valence-electron chi connectivity index (χ4n) is 3.76. The van der Waals surface area contributed by atoms with E-state index in [9.17, 15) is 26.7 Å². The fraction of sp³-hybridized carbons (Fsp3) is 0. The molecule has 4 aromatic rings. The van der Waals surface area contributed by atoms with Crippen LogP contribution in [0.5, 0.6) is 11.5 Å². The first-order valence-electron chi connectivity index (χ1n) is 9.71. The van der Waals surface area contributed by atoms with E-state index in [4.69, 9.17) is 4.74 Å². The normalized spacial score (nSPS) is 12.1. The number of ketones is 1. The number of halogens is 5. The van der Waals surface area contributed by atoms with Gasteiger partial charge in [-0.25, -0.2) is 22.0 Å². The van der Waals surface area contributed by atoms with E-state index in [-0.39, 0.29) is 11.3 Å². The van der Waals surface area contributed by atoms with Crippen LogP contribution in [-0.2, 0) is 0 Å². The highest BCUT2D eigenvalue weighted by Crippen LogP contribution is 2.51. The first-order valence-corrected chi connectivity index (χ1v) is 9.71. The first kappa shape index (κ1) is 20.7. The molecule has 1 heterocycles. The van der Waals surface area contributed by atoms with E-state index in [2.05, 4.69) is 0 Å². The highest BCUT2D eigenvalue weighted by atomic mass is 19.2. The lowest BCUT2D eigenvalue weighted by Crippen LogP contribution is -2.20. The van der Waals surface area contributed by atoms with Crippen molar-refractivity contribution in [3.05, 3.63) is 113 Å². The molecule has 5 rings (SSSR count). The standard InChI is InChI=1S/C25H12F5NO2/c26-20-19(21(27)23(29)24(30)22(20)28)25(32)13-7-1-2-8-14(13)31-15-9-3-5-11-17(15)33-18-12-6-4-10-16(18)31/h1-12H. The predicted octanol–water partition coefficient (Wildman–Crippen LogP) is 7.19. The average molecular weight is 453 g/mol. The van der Waals surface area contributed by atoms with Crippen LogP contribution in [0.2, 0.25) is 0 Å². The van der Waals surface area contributed by atoms with Crippen molar-refractivity contribution in [2.75, 3.05) is 4.90 Å². The minimum Gasteiger partial charge on any atom is -0.453 e. The molecule has 0 amide bonds. The largest absolute Gasteiger partial charge is 0.453 e. The summed E-state index contributed by atoms with van der Waals surface area (Å²) in [6.07, 6.45) is 0. The average Bonchev–Trinajstić information content (AvgIpc) is 2.85. The van der Waals surface area contributed by atoms with Crippen molar-refractivity contribution in [2.24, 2.45) is 0 Å². The molecule has 0 N–H and O–H groups in total. The van der Waals surface area contributed by atoms with Gasteiger partial charge in [0.2, 0.25) is 11.6 Å². The number of carbonyl (C=O) groups is 1. The van der Waals surface area contributed by atoms with Crippen molar-refractivity contribution in [3.63, 3.8) is 0 Å². The molecule has 0 spiro atoms. The molecule has 8 heteroatoms. The van der Waals surface area contributed by atoms with Gasteiger partial charge in [-0.15, -0.1) is 0 Å². The topological polar surface area (TPSA) is 29.5 Å². The number of nitrogens with zero attached hydrogens (tertiary/aromatic N) is 1. The van der Waals surface area contributed by atoms with Crippen molar-refractivity contribution in [2.45, 2.75) is 0 Å². The van der Waals surface area contributed by atoms with Gasteiger partial charge in [-0.1, -0.05) is 36.4 Å². The van der Waals surface area contributed by atoms with Gasteiger partial charge in [0.1, 0.15) is 5.56 Å². The van der Waals surface area contributed by atoms with Gasteiger partial charge in [0, 0.05) is 5.56 Å². The summed E-state index contributed by atoms with van der Waals surface area (Å²) in [5, 5.41) is 0. The molecule has 1 aliphatic heterocycles. The van der Waals surface area contributed by atoms with Gasteiger partial charge in [0.05, 0.1) is 17.1 Å². The summed E-state index contributed by atoms with van der Waals surface area (Å²) in [4.78, 5) is 14.8. The van der Waals surface area contributed by atoms with E-state index < -0.39 is 40.4 Å². The van der Waals surface area contributed by atoms with Crippen LogP contribution in [-0.4, -0.2) is 5.78 Å². The first-order chi connectivity index (χ1) is 15.9. The quantitative estimate of drug-likeness (QED) is 0.125. The van der Waals surface area contributed by atoms with Crippen LogP contribution in [0.1, 0.15) is 15.9 Å². The Morgan fingerprint density at radius 1 is 0.576 bits per heavy atom. The molecule has 0 saturated carbocycles. The van der Waals surface area contributed by atoms with E-state index >= 15 is 0 Å². The second-order valence-electron chi connectivity index (χ2n) is 7.16. The number of carbonyl (C=O) groups excluding carboxylic acids is 1. The molecule has 0 radical (unpaired) electrons. The zero-order valence-corrected chi connectivity index (χ0v) is 16.6. The Kier molecular flexibility index (Phi) is 4.85. The summed E-state index contributed by atoms with van der Waals surface area (Å²) in [6.45, 7) is 0. The van der Waals surface area contributed by atoms with Crippen molar-refractivity contribution >= 4 is 22.8 Å². The van der Waals surface area contributed by atoms with Gasteiger partial charge < -0.3 is 9.64 Å². The Morgan fingerprint density at radius 2 is 1.00 bits per heavy atom. The third kappa shape index (κ3) is 3.14. The van der Waals surface area contributed by atoms with Crippen LogP contribution in [0.15, 0.2) is 72.8 Å². The molecule has 0 atom stereocenters. The number of hydrogen-bond donors (Lipinski definition) is 0. The molecule has 0 saturated heterocycles. The monoisotopic (exact) mass is 453 g/mol. The van der Waals surface area contributed by atoms with Crippen LogP contribution in [0.3, 0.4) is 0 Å². The maximum Gasteiger partial charge on any atom is 0.201 e. The number of ether oxygens (including phenoxy) is 1. The predicted molar refractivity (Wildman–Crippen MR) is 111 cm³/mol. The van der Waals surface area contributed by atoms with Gasteiger partial charge >= 0.3 is 0 Å². The SMILES string of the molecule is O=C(c1ccccc1N1c2ccccc2Oc2ccccc21)c1c(F)c(F)c(F)c(F)c1F. The molecule has 164 valence electrons. The Bertz CT molecular complexity index is 1360. The Labute approximate surface area is 184 Å². The molecule has 1 aliphatic rings. The molecule has 33 heavy (non-hydrogen) atoms. The summed E-state index contributed by atoms with van der Waals surface area (Å²) in [5.41, 5.74) is -0.557. The summed E-state index contributed by atoms with van der Waals surface area (Å²) in [6, 6.07) is 19.6. The van der Waals surface area contributed by atoms with E-state index in [0.717, 1.165) is 0 Å². The van der Waals surface area contributed by atoms with E-state index in [1.165, 1.54) is 18.2 Å². The maximum absolute atomic E-state index is 14.4. The molecule has 3 nitrogen and oxygen atoms in total. The van der Waals surface area contributed by atoms with Crippen LogP contribution in [0, 0.1) is 29.1 Å². The molecular formula is C25H12F5NO2. The highest BCUT2D eigenvalue weighted by molar-refractivity contribution is 6.14. The number of para-hydroxylation sites is 5. The highest BCUT2D eigenvalue weighted by Gasteiger charge is 2.33. The van der Waals surface area contributed by atoms with Crippen molar-refractivity contribution in [3.8, 4) is 11.5 Å². The van der Waals surface area contributed by atoms with Gasteiger partial charge in [0.15, 0.2) is 34.8 Å². The third-order valence-corrected chi connectivity index (χ3v) is 5.26. The Hall–Kier alpha value is -4.20. The number of benzene rings is 4. The van der Waals surface area contributed by atoms with Crippen molar-refractivity contribution < 1.29 is 31.5 Å². The minimum atomic E-state index is -2.33. The number of rotatable bonds is 3. The molecule has 0 aromatic heterocycles. The Balaban J connectivity index is 1.75. The zero-order valence-electron chi connectivity index (χ0n) is 16.6. The van der Waals surface area contributed by atoms with Crippen LogP contribution >= 0.6 is 0 Å². The number of anilines is 3. The van der Waals surface area contributed by atoms with Crippen LogP contribution in [0.4, 0.5) is 39.0 Å². The van der Waals surface area contributed by atoms with Crippen LogP contribution in [0.25, 0.3) is 0 Å². The number of hydrogen-bond acceptors (Lipinski definition) is 3. The van der Waals surface area contributed by atoms with E-state index in [1.54, 1.807) is 59.5 Å². The fourth-order valence-corrected chi connectivity index (χ4v) is 3.76. The molecule has 0 bridgehead atoms. The Morgan fingerprint density at radius 3 is 1.55 bits per heavy atom. The smallest absolute Gasteiger partial charge is 0.201 e. The summed E-state index contributed by atoms with van der Waals surface area (Å²) >= 11 is 0. The van der Waals surface area contributed by atoms with E-state index in [1.807, 2.05) is 0 Å². The lowest BCUT2D eigenvalue weighted by atomic mass is 9.98. The van der Waals surface area contributed by atoms with Gasteiger partial charge in [-0.05, 0) is 36.4 Å². The van der Waals surface area contributed by atoms with Crippen LogP contribution < -0.4 is 9.64 Å².